The molecule has 8 nitrogen and oxygen atoms in total. The second kappa shape index (κ2) is 7.39. The van der Waals surface area contributed by atoms with Gasteiger partial charge in [0.25, 0.3) is 5.91 Å². The van der Waals surface area contributed by atoms with E-state index in [2.05, 4.69) is 19.7 Å². The van der Waals surface area contributed by atoms with Gasteiger partial charge in [0.2, 0.25) is 0 Å². The molecule has 0 saturated carbocycles. The van der Waals surface area contributed by atoms with Crippen LogP contribution in [-0.4, -0.2) is 41.3 Å². The van der Waals surface area contributed by atoms with Gasteiger partial charge in [0.15, 0.2) is 5.49 Å². The first-order valence-corrected chi connectivity index (χ1v) is 9.12. The Morgan fingerprint density at radius 1 is 1.17 bits per heavy atom. The Morgan fingerprint density at radius 2 is 1.90 bits per heavy atom. The van der Waals surface area contributed by atoms with Crippen molar-refractivity contribution in [3.63, 3.8) is 0 Å². The molecule has 2 aliphatic heterocycles. The molecule has 0 unspecified atom stereocenters. The number of anilines is 1. The number of ether oxygens (including phenoxy) is 1. The lowest BCUT2D eigenvalue weighted by Crippen LogP contribution is -2.40. The molecule has 1 saturated heterocycles. The number of nitrogens with zero attached hydrogens (tertiary/aromatic N) is 4. The van der Waals surface area contributed by atoms with Gasteiger partial charge < -0.3 is 15.4 Å². The molecule has 0 radical (unpaired) electrons. The van der Waals surface area contributed by atoms with Crippen LogP contribution in [-0.2, 0) is 0 Å². The number of hydrogen-bond donors (Lipinski definition) is 1. The molecule has 1 fully saturated rings. The molecule has 1 aromatic heterocycles. The number of nitrogens with two attached hydrogens (primary N) is 1. The van der Waals surface area contributed by atoms with Gasteiger partial charge in [-0.1, -0.05) is 0 Å². The van der Waals surface area contributed by atoms with Crippen molar-refractivity contribution >= 4 is 17.6 Å². The number of nitrogen functional groups attached to an aromatic ring is 1. The highest BCUT2D eigenvalue weighted by Gasteiger charge is 2.32. The third-order valence-electron chi connectivity index (χ3n) is 5.05. The minimum atomic E-state index is -4.84. The van der Waals surface area contributed by atoms with Crippen LogP contribution < -0.4 is 21.3 Å². The molecule has 2 N–H and O–H groups in total. The molecule has 1 aromatic carbocycles. The minimum absolute atomic E-state index is 0.0792. The molecule has 0 aliphatic carbocycles. The number of hydrogen-bond acceptors (Lipinski definition) is 5. The molecule has 2 aliphatic rings. The summed E-state index contributed by atoms with van der Waals surface area (Å²) in [7, 11) is 0. The molecule has 0 spiro atoms. The summed E-state index contributed by atoms with van der Waals surface area (Å²) in [6.45, 7) is 0.845. The average Bonchev–Trinajstić information content (AvgIpc) is 3.06. The van der Waals surface area contributed by atoms with E-state index in [0.29, 0.717) is 36.8 Å². The van der Waals surface area contributed by atoms with Crippen LogP contribution in [0.4, 0.5) is 23.7 Å². The van der Waals surface area contributed by atoms with E-state index in [1.54, 1.807) is 17.2 Å². The van der Waals surface area contributed by atoms with E-state index in [0.717, 1.165) is 17.7 Å². The summed E-state index contributed by atoms with van der Waals surface area (Å²) in [6.07, 6.45) is -2.01. The Labute approximate surface area is 167 Å². The first-order valence-electron chi connectivity index (χ1n) is 9.12. The number of likely N-dealkylation sites (tertiary alicyclic amines) is 1. The van der Waals surface area contributed by atoms with E-state index < -0.39 is 18.1 Å². The molecule has 3 amide bonds. The summed E-state index contributed by atoms with van der Waals surface area (Å²) in [6, 6.07) is 4.50. The lowest BCUT2D eigenvalue weighted by Gasteiger charge is -2.32. The van der Waals surface area contributed by atoms with E-state index in [-0.39, 0.29) is 23.1 Å². The maximum Gasteiger partial charge on any atom is 0.573 e. The normalized spacial score (nSPS) is 16.6. The summed E-state index contributed by atoms with van der Waals surface area (Å²) in [4.78, 5) is 37.6. The van der Waals surface area contributed by atoms with Gasteiger partial charge in [0.05, 0.1) is 5.56 Å². The fourth-order valence-electron chi connectivity index (χ4n) is 3.69. The Morgan fingerprint density at radius 3 is 2.57 bits per heavy atom. The average molecular weight is 419 g/mol. The molecular weight excluding hydrogens is 403 g/mol. The zero-order valence-corrected chi connectivity index (χ0v) is 15.5. The van der Waals surface area contributed by atoms with Crippen LogP contribution >= 0.6 is 0 Å². The number of halogens is 3. The number of aromatic nitrogens is 1. The van der Waals surface area contributed by atoms with Crippen LogP contribution in [0.25, 0.3) is 0 Å². The third-order valence-corrected chi connectivity index (χ3v) is 5.05. The van der Waals surface area contributed by atoms with Gasteiger partial charge in [-0.05, 0) is 42.5 Å². The number of amides is 3. The van der Waals surface area contributed by atoms with Crippen LogP contribution in [0.5, 0.6) is 5.75 Å². The van der Waals surface area contributed by atoms with E-state index in [1.165, 1.54) is 6.07 Å². The van der Waals surface area contributed by atoms with E-state index in [1.807, 2.05) is 0 Å². The SMILES string of the molecule is Nc1cc(OC(F)(F)F)ccc1C(=O)N1CCC(c2ccnc3c2=NC(=O)N=3)CC1. The molecule has 156 valence electrons. The van der Waals surface area contributed by atoms with Crippen molar-refractivity contribution in [2.24, 2.45) is 9.98 Å². The van der Waals surface area contributed by atoms with Gasteiger partial charge >= 0.3 is 12.4 Å². The Kier molecular flexibility index (Phi) is 4.88. The predicted octanol–water partition coefficient (Wildman–Crippen LogP) is 1.96. The number of fused-ring (bicyclic) bond motifs is 1. The Hall–Kier alpha value is -3.50. The van der Waals surface area contributed by atoms with Gasteiger partial charge in [-0.15, -0.1) is 13.2 Å². The molecule has 3 heterocycles. The number of pyridine rings is 1. The van der Waals surface area contributed by atoms with Crippen LogP contribution in [0, 0.1) is 0 Å². The first kappa shape index (κ1) is 19.8. The van der Waals surface area contributed by atoms with Gasteiger partial charge in [-0.3, -0.25) is 4.79 Å². The Bertz CT molecular complexity index is 1140. The molecule has 2 aromatic rings. The van der Waals surface area contributed by atoms with Crippen LogP contribution in [0.3, 0.4) is 0 Å². The Balaban J connectivity index is 1.46. The monoisotopic (exact) mass is 419 g/mol. The minimum Gasteiger partial charge on any atom is -0.406 e. The van der Waals surface area contributed by atoms with Crippen LogP contribution in [0.1, 0.15) is 34.7 Å². The van der Waals surface area contributed by atoms with E-state index >= 15 is 0 Å². The molecule has 11 heteroatoms. The largest absolute Gasteiger partial charge is 0.573 e. The van der Waals surface area contributed by atoms with E-state index in [4.69, 9.17) is 5.73 Å². The summed E-state index contributed by atoms with van der Waals surface area (Å²) in [5.41, 5.74) is 6.99. The maximum absolute atomic E-state index is 12.8. The maximum atomic E-state index is 12.8. The summed E-state index contributed by atoms with van der Waals surface area (Å²) < 4.78 is 40.8. The topological polar surface area (TPSA) is 110 Å². The van der Waals surface area contributed by atoms with Crippen molar-refractivity contribution in [3.05, 3.63) is 52.4 Å². The lowest BCUT2D eigenvalue weighted by molar-refractivity contribution is -0.274. The highest BCUT2D eigenvalue weighted by molar-refractivity contribution is 5.99. The summed E-state index contributed by atoms with van der Waals surface area (Å²) >= 11 is 0. The van der Waals surface area contributed by atoms with Gasteiger partial charge in [0, 0.05) is 31.0 Å². The second-order valence-electron chi connectivity index (χ2n) is 6.94. The van der Waals surface area contributed by atoms with Crippen molar-refractivity contribution in [2.75, 3.05) is 18.8 Å². The number of benzene rings is 1. The molecule has 4 rings (SSSR count). The van der Waals surface area contributed by atoms with Crippen LogP contribution in [0.2, 0.25) is 0 Å². The molecule has 30 heavy (non-hydrogen) atoms. The fourth-order valence-corrected chi connectivity index (χ4v) is 3.69. The highest BCUT2D eigenvalue weighted by atomic mass is 19.4. The number of carbonyl (C=O) groups is 2. The van der Waals surface area contributed by atoms with Crippen molar-refractivity contribution in [1.29, 1.82) is 0 Å². The fraction of sp³-hybridized carbons (Fsp3) is 0.316. The van der Waals surface area contributed by atoms with Crippen molar-refractivity contribution in [2.45, 2.75) is 25.1 Å². The molecular formula is C19H16F3N5O3. The quantitative estimate of drug-likeness (QED) is 0.765. The lowest BCUT2D eigenvalue weighted by atomic mass is 9.89. The number of rotatable bonds is 3. The van der Waals surface area contributed by atoms with Gasteiger partial charge in [-0.2, -0.15) is 9.98 Å². The number of piperidine rings is 1. The molecule has 0 bridgehead atoms. The second-order valence-corrected chi connectivity index (χ2v) is 6.94. The highest BCUT2D eigenvalue weighted by Crippen LogP contribution is 2.29. The number of carbonyl (C=O) groups excluding carboxylic acids is 2. The third kappa shape index (κ3) is 3.95. The predicted molar refractivity (Wildman–Crippen MR) is 97.4 cm³/mol. The standard InChI is InChI=1S/C19H16F3N5O3/c20-19(21,22)30-11-1-2-13(14(23)9-11)17(28)27-7-4-10(5-8-27)12-3-6-24-16-15(12)25-18(29)26-16/h1-3,6,9-10H,4-5,7-8,23H2. The molecule has 0 atom stereocenters. The van der Waals surface area contributed by atoms with Crippen molar-refractivity contribution in [1.82, 2.24) is 9.88 Å². The van der Waals surface area contributed by atoms with Crippen LogP contribution in [0.15, 0.2) is 40.4 Å². The van der Waals surface area contributed by atoms with Crippen molar-refractivity contribution < 1.29 is 27.5 Å². The summed E-state index contributed by atoms with van der Waals surface area (Å²) in [5.74, 6) is -0.764. The first-order chi connectivity index (χ1) is 14.2. The van der Waals surface area contributed by atoms with E-state index in [9.17, 15) is 22.8 Å². The summed E-state index contributed by atoms with van der Waals surface area (Å²) in [5, 5.41) is 0.483. The van der Waals surface area contributed by atoms with Crippen molar-refractivity contribution in [3.8, 4) is 5.75 Å². The zero-order chi connectivity index (χ0) is 21.5. The number of urea groups is 1. The zero-order valence-electron chi connectivity index (χ0n) is 15.5. The van der Waals surface area contributed by atoms with Gasteiger partial charge in [-0.25, -0.2) is 9.78 Å². The number of alkyl halides is 3. The van der Waals surface area contributed by atoms with Gasteiger partial charge in [0.1, 0.15) is 11.1 Å². The smallest absolute Gasteiger partial charge is 0.406 e.